The fraction of sp³-hybridized carbons (Fsp3) is 0.294. The topological polar surface area (TPSA) is 19.9 Å². The largest absolute Gasteiger partial charge is 0.290 e. The third-order valence-electron chi connectivity index (χ3n) is 3.21. The average molecular weight is 239 g/mol. The molecule has 0 aliphatic rings. The molecule has 0 bridgehead atoms. The van der Waals surface area contributed by atoms with Crippen LogP contribution in [0, 0.1) is 0 Å². The average Bonchev–Trinajstić information content (AvgIpc) is 2.40. The minimum absolute atomic E-state index is 0.112. The Morgan fingerprint density at radius 1 is 0.944 bits per heavy atom. The molecular weight excluding hydrogens is 220 g/mol. The van der Waals surface area contributed by atoms with Gasteiger partial charge < -0.3 is 0 Å². The van der Waals surface area contributed by atoms with Gasteiger partial charge in [0.25, 0.3) is 0 Å². The molecule has 0 spiro atoms. The first kappa shape index (κ1) is 12.7. The number of hydrogen-bond acceptors (Lipinski definition) is 0. The van der Waals surface area contributed by atoms with Gasteiger partial charge in [0.2, 0.25) is 0 Å². The van der Waals surface area contributed by atoms with Crippen LogP contribution in [0.4, 0.5) is 0 Å². The fourth-order valence-corrected chi connectivity index (χ4v) is 2.24. The van der Waals surface area contributed by atoms with Gasteiger partial charge in [-0.2, -0.15) is 0 Å². The van der Waals surface area contributed by atoms with Crippen LogP contribution in [-0.2, 0) is 11.5 Å². The van der Waals surface area contributed by atoms with Gasteiger partial charge in [0.15, 0.2) is 5.75 Å². The van der Waals surface area contributed by atoms with E-state index in [1.54, 1.807) is 12.1 Å². The van der Waals surface area contributed by atoms with E-state index in [-0.39, 0.29) is 5.75 Å². The number of benzene rings is 2. The molecule has 0 aromatic heterocycles. The summed E-state index contributed by atoms with van der Waals surface area (Å²) in [6.07, 6.45) is 4.57. The Morgan fingerprint density at radius 2 is 1.72 bits per heavy atom. The zero-order chi connectivity index (χ0) is 12.8. The molecule has 0 saturated heterocycles. The van der Waals surface area contributed by atoms with Crippen molar-refractivity contribution in [1.29, 1.82) is 0 Å². The molecule has 0 saturated carbocycles. The lowest BCUT2D eigenvalue weighted by molar-refractivity contribution is 0.354. The first-order chi connectivity index (χ1) is 8.81. The van der Waals surface area contributed by atoms with E-state index in [4.69, 9.17) is 0 Å². The number of unbranched alkanes of at least 4 members (excludes halogenated alkanes) is 2. The minimum Gasteiger partial charge on any atom is -0.290 e. The van der Waals surface area contributed by atoms with Crippen LogP contribution in [0.25, 0.3) is 11.1 Å². The van der Waals surface area contributed by atoms with E-state index >= 15 is 0 Å². The SMILES string of the molecule is CCCCCc1cc([O])ccc1-c1ccccc1. The molecule has 2 aromatic rings. The molecule has 0 aliphatic carbocycles. The van der Waals surface area contributed by atoms with Gasteiger partial charge in [0.05, 0.1) is 0 Å². The Kier molecular flexibility index (Phi) is 4.40. The van der Waals surface area contributed by atoms with Gasteiger partial charge in [0, 0.05) is 0 Å². The monoisotopic (exact) mass is 239 g/mol. The van der Waals surface area contributed by atoms with Crippen LogP contribution in [0.15, 0.2) is 48.5 Å². The van der Waals surface area contributed by atoms with Crippen molar-refractivity contribution in [3.8, 4) is 16.9 Å². The summed E-state index contributed by atoms with van der Waals surface area (Å²) < 4.78 is 0. The Bertz CT molecular complexity index is 488. The number of hydrogen-bond donors (Lipinski definition) is 0. The second-order valence-electron chi connectivity index (χ2n) is 4.64. The molecule has 0 amide bonds. The summed E-state index contributed by atoms with van der Waals surface area (Å²) in [6, 6.07) is 15.7. The first-order valence-corrected chi connectivity index (χ1v) is 6.66. The Balaban J connectivity index is 2.29. The molecule has 0 aliphatic heterocycles. The van der Waals surface area contributed by atoms with E-state index in [9.17, 15) is 5.11 Å². The van der Waals surface area contributed by atoms with E-state index in [0.29, 0.717) is 0 Å². The molecule has 2 aromatic carbocycles. The third-order valence-corrected chi connectivity index (χ3v) is 3.21. The second kappa shape index (κ2) is 6.25. The predicted molar refractivity (Wildman–Crippen MR) is 75.2 cm³/mol. The van der Waals surface area contributed by atoms with E-state index < -0.39 is 0 Å². The molecule has 1 heteroatoms. The van der Waals surface area contributed by atoms with Crippen LogP contribution in [0.5, 0.6) is 5.75 Å². The quantitative estimate of drug-likeness (QED) is 0.637. The normalized spacial score (nSPS) is 10.5. The molecule has 2 rings (SSSR count). The highest BCUT2D eigenvalue weighted by molar-refractivity contribution is 5.68. The summed E-state index contributed by atoms with van der Waals surface area (Å²) in [6.45, 7) is 2.20. The summed E-state index contributed by atoms with van der Waals surface area (Å²) in [5.41, 5.74) is 3.58. The van der Waals surface area contributed by atoms with Gasteiger partial charge in [-0.15, -0.1) is 0 Å². The maximum absolute atomic E-state index is 11.5. The summed E-state index contributed by atoms with van der Waals surface area (Å²) >= 11 is 0. The summed E-state index contributed by atoms with van der Waals surface area (Å²) in [5.74, 6) is 0.112. The van der Waals surface area contributed by atoms with Crippen molar-refractivity contribution in [2.75, 3.05) is 0 Å². The molecule has 1 nitrogen and oxygen atoms in total. The number of aryl methyl sites for hydroxylation is 1. The van der Waals surface area contributed by atoms with E-state index in [1.807, 2.05) is 24.3 Å². The molecule has 1 radical (unpaired) electrons. The van der Waals surface area contributed by atoms with Crippen LogP contribution in [0.3, 0.4) is 0 Å². The standard InChI is InChI=1S/C17H19O/c1-2-3-5-10-15-13-16(18)11-12-17(15)14-8-6-4-7-9-14/h4,6-9,11-13H,2-3,5,10H2,1H3. The van der Waals surface area contributed by atoms with E-state index in [2.05, 4.69) is 19.1 Å². The summed E-state index contributed by atoms with van der Waals surface area (Å²) in [7, 11) is 0. The molecular formula is C17H19O. The fourth-order valence-electron chi connectivity index (χ4n) is 2.24. The van der Waals surface area contributed by atoms with Crippen LogP contribution in [0.2, 0.25) is 0 Å². The molecule has 0 atom stereocenters. The van der Waals surface area contributed by atoms with Crippen molar-refractivity contribution in [3.05, 3.63) is 54.1 Å². The maximum atomic E-state index is 11.5. The third kappa shape index (κ3) is 3.13. The van der Waals surface area contributed by atoms with Crippen molar-refractivity contribution in [2.45, 2.75) is 32.6 Å². The molecule has 18 heavy (non-hydrogen) atoms. The van der Waals surface area contributed by atoms with Crippen LogP contribution in [-0.4, -0.2) is 0 Å². The lowest BCUT2D eigenvalue weighted by Gasteiger charge is -2.09. The Hall–Kier alpha value is -1.76. The molecule has 93 valence electrons. The van der Waals surface area contributed by atoms with Crippen molar-refractivity contribution in [2.24, 2.45) is 0 Å². The van der Waals surface area contributed by atoms with Crippen molar-refractivity contribution in [1.82, 2.24) is 0 Å². The van der Waals surface area contributed by atoms with Gasteiger partial charge in [-0.05, 0) is 41.7 Å². The Morgan fingerprint density at radius 3 is 2.44 bits per heavy atom. The van der Waals surface area contributed by atoms with Gasteiger partial charge >= 0.3 is 0 Å². The zero-order valence-electron chi connectivity index (χ0n) is 10.9. The summed E-state index contributed by atoms with van der Waals surface area (Å²) in [4.78, 5) is 0. The first-order valence-electron chi connectivity index (χ1n) is 6.66. The van der Waals surface area contributed by atoms with Crippen LogP contribution < -0.4 is 0 Å². The zero-order valence-corrected chi connectivity index (χ0v) is 10.9. The number of rotatable bonds is 5. The second-order valence-corrected chi connectivity index (χ2v) is 4.64. The predicted octanol–water partition coefficient (Wildman–Crippen LogP) is 5.23. The van der Waals surface area contributed by atoms with Gasteiger partial charge in [0.1, 0.15) is 0 Å². The summed E-state index contributed by atoms with van der Waals surface area (Å²) in [5, 5.41) is 11.5. The molecule has 0 fully saturated rings. The lowest BCUT2D eigenvalue weighted by atomic mass is 9.95. The Labute approximate surface area is 109 Å². The van der Waals surface area contributed by atoms with Crippen molar-refractivity contribution < 1.29 is 5.11 Å². The highest BCUT2D eigenvalue weighted by Crippen LogP contribution is 2.28. The molecule has 0 heterocycles. The highest BCUT2D eigenvalue weighted by atomic mass is 16.3. The van der Waals surface area contributed by atoms with Gasteiger partial charge in [-0.3, -0.25) is 5.11 Å². The molecule has 0 N–H and O–H groups in total. The lowest BCUT2D eigenvalue weighted by Crippen LogP contribution is -1.90. The smallest absolute Gasteiger partial charge is 0.178 e. The van der Waals surface area contributed by atoms with Crippen molar-refractivity contribution >= 4 is 0 Å². The van der Waals surface area contributed by atoms with Crippen LogP contribution >= 0.6 is 0 Å². The van der Waals surface area contributed by atoms with Crippen LogP contribution in [0.1, 0.15) is 31.7 Å². The maximum Gasteiger partial charge on any atom is 0.178 e. The highest BCUT2D eigenvalue weighted by Gasteiger charge is 2.06. The molecule has 0 unspecified atom stereocenters. The van der Waals surface area contributed by atoms with E-state index in [0.717, 1.165) is 12.8 Å². The van der Waals surface area contributed by atoms with Crippen molar-refractivity contribution in [3.63, 3.8) is 0 Å². The minimum atomic E-state index is 0.112. The van der Waals surface area contributed by atoms with Gasteiger partial charge in [-0.1, -0.05) is 56.2 Å². The van der Waals surface area contributed by atoms with E-state index in [1.165, 1.54) is 29.5 Å². The van der Waals surface area contributed by atoms with Gasteiger partial charge in [-0.25, -0.2) is 0 Å².